The van der Waals surface area contributed by atoms with E-state index in [1.807, 2.05) is 80.6 Å². The molecule has 3 atom stereocenters. The fraction of sp³-hybridized carbons (Fsp3) is 0.600. The average Bonchev–Trinajstić information content (AvgIpc) is 3.93. The normalized spacial score (nSPS) is 20.0. The Balaban J connectivity index is 1.36. The molecule has 6 rings (SSSR count). The van der Waals surface area contributed by atoms with Gasteiger partial charge in [-0.1, -0.05) is 6.07 Å². The lowest BCUT2D eigenvalue weighted by Crippen LogP contribution is -2.60. The highest BCUT2D eigenvalue weighted by atomic mass is 32.2. The average molecular weight is 777 g/mol. The molecule has 0 spiro atoms. The molecule has 3 aliphatic rings. The zero-order valence-electron chi connectivity index (χ0n) is 33.8. The predicted octanol–water partition coefficient (Wildman–Crippen LogP) is 5.66. The first kappa shape index (κ1) is 40.6. The Morgan fingerprint density at radius 2 is 1.75 bits per heavy atom. The maximum Gasteiger partial charge on any atom is 0.410 e. The van der Waals surface area contributed by atoms with Gasteiger partial charge in [0.1, 0.15) is 39.9 Å². The van der Waals surface area contributed by atoms with Gasteiger partial charge in [-0.2, -0.15) is 0 Å². The van der Waals surface area contributed by atoms with E-state index in [4.69, 9.17) is 24.2 Å². The van der Waals surface area contributed by atoms with Crippen LogP contribution in [0.25, 0.3) is 0 Å². The number of aryl methyl sites for hydroxylation is 3. The molecule has 5 heterocycles. The number of carbonyl (C=O) groups is 2. The number of pyridine rings is 2. The van der Waals surface area contributed by atoms with Crippen molar-refractivity contribution in [1.29, 1.82) is 0 Å². The van der Waals surface area contributed by atoms with E-state index in [2.05, 4.69) is 31.0 Å². The Kier molecular flexibility index (Phi) is 11.7. The molecule has 298 valence electrons. The Hall–Kier alpha value is -4.05. The van der Waals surface area contributed by atoms with Gasteiger partial charge in [0.15, 0.2) is 6.10 Å². The van der Waals surface area contributed by atoms with Crippen LogP contribution in [-0.4, -0.2) is 102 Å². The molecule has 2 saturated heterocycles. The van der Waals surface area contributed by atoms with Gasteiger partial charge in [-0.05, 0) is 111 Å². The molecule has 15 heteroatoms. The smallest absolute Gasteiger partial charge is 0.410 e. The molecule has 0 bridgehead atoms. The quantitative estimate of drug-likeness (QED) is 0.247. The van der Waals surface area contributed by atoms with Crippen molar-refractivity contribution in [2.75, 3.05) is 44.7 Å². The Bertz CT molecular complexity index is 1920. The van der Waals surface area contributed by atoms with Crippen molar-refractivity contribution in [2.24, 2.45) is 0 Å². The van der Waals surface area contributed by atoms with Gasteiger partial charge in [0, 0.05) is 50.2 Å². The predicted molar refractivity (Wildman–Crippen MR) is 210 cm³/mol. The molecule has 2 N–H and O–H groups in total. The van der Waals surface area contributed by atoms with Gasteiger partial charge in [0.05, 0.1) is 34.6 Å². The summed E-state index contributed by atoms with van der Waals surface area (Å²) in [6.45, 7) is 21.3. The van der Waals surface area contributed by atoms with Crippen LogP contribution < -0.4 is 14.8 Å². The molecule has 2 aliphatic heterocycles. The van der Waals surface area contributed by atoms with E-state index in [1.54, 1.807) is 18.0 Å². The second-order valence-corrected chi connectivity index (χ2v) is 19.1. The molecule has 2 amide bonds. The van der Waals surface area contributed by atoms with Crippen LogP contribution in [0.3, 0.4) is 0 Å². The van der Waals surface area contributed by atoms with Gasteiger partial charge in [-0.25, -0.2) is 28.7 Å². The molecule has 3 aromatic heterocycles. The maximum atomic E-state index is 13.9. The van der Waals surface area contributed by atoms with Crippen LogP contribution >= 0.6 is 0 Å². The summed E-state index contributed by atoms with van der Waals surface area (Å²) in [6, 6.07) is 5.89. The molecule has 3 aromatic rings. The molecule has 0 aromatic carbocycles. The third-order valence-corrected chi connectivity index (χ3v) is 11.6. The lowest BCUT2D eigenvalue weighted by molar-refractivity contribution is -0.0699. The first-order valence-electron chi connectivity index (χ1n) is 19.1. The number of nitrogens with zero attached hydrogens (tertiary/aromatic N) is 6. The summed E-state index contributed by atoms with van der Waals surface area (Å²) >= 11 is 0. The van der Waals surface area contributed by atoms with Crippen LogP contribution in [0.15, 0.2) is 30.6 Å². The van der Waals surface area contributed by atoms with Gasteiger partial charge in [0.2, 0.25) is 0 Å². The van der Waals surface area contributed by atoms with Crippen LogP contribution in [-0.2, 0) is 26.0 Å². The second-order valence-electron chi connectivity index (χ2n) is 17.1. The molecular weight excluding hydrogens is 721 g/mol. The number of ether oxygens (including phenoxy) is 3. The van der Waals surface area contributed by atoms with Crippen LogP contribution in [0.4, 0.5) is 10.6 Å². The maximum absolute atomic E-state index is 13.9. The monoisotopic (exact) mass is 776 g/mol. The number of hydrogen-bond donors (Lipinski definition) is 2. The summed E-state index contributed by atoms with van der Waals surface area (Å²) in [5.74, 6) is 1.46. The molecular formula is C40H56N8O6S. The van der Waals surface area contributed by atoms with Gasteiger partial charge in [-0.3, -0.25) is 14.7 Å². The van der Waals surface area contributed by atoms with Crippen molar-refractivity contribution < 1.29 is 28.0 Å². The fourth-order valence-corrected chi connectivity index (χ4v) is 7.47. The Morgan fingerprint density at radius 3 is 2.33 bits per heavy atom. The van der Waals surface area contributed by atoms with Crippen LogP contribution in [0.5, 0.6) is 5.75 Å². The SMILES string of the molecule is Cc1ncc(C)c(NC(=O)c2nc(C3(NS(=O)C(C)(C)C)COC3)c(O[C@H](CN3CCN(C(=O)OC(C)(C)C)[C@H](C)C3)c3ccc(C4CC4)cn3)cc2C)n1. The second kappa shape index (κ2) is 15.8. The minimum absolute atomic E-state index is 0.0963. The Morgan fingerprint density at radius 1 is 1.02 bits per heavy atom. The van der Waals surface area contributed by atoms with E-state index in [0.29, 0.717) is 66.3 Å². The van der Waals surface area contributed by atoms with E-state index < -0.39 is 38.9 Å². The zero-order valence-corrected chi connectivity index (χ0v) is 34.6. The minimum atomic E-state index is -1.50. The summed E-state index contributed by atoms with van der Waals surface area (Å²) in [7, 11) is -1.50. The standard InChI is InChI=1S/C40H56N8O6S/c1-24-17-31(34(40(22-52-23-40)46-55(51)39(8,9)10)44-33(24)36(49)45-35-25(2)18-41-27(4)43-35)53-32(30-14-13-29(19-42-30)28-11-12-28)21-47-15-16-48(26(3)20-47)37(50)54-38(5,6)7/h13-14,17-19,26,28,32,46H,11-12,15-16,20-23H2,1-10H3,(H,41,43,45,49)/t26-,32-,55?/m1/s1. The largest absolute Gasteiger partial charge is 0.481 e. The van der Waals surface area contributed by atoms with Crippen LogP contribution in [0, 0.1) is 20.8 Å². The van der Waals surface area contributed by atoms with Crippen molar-refractivity contribution in [2.45, 2.75) is 116 Å². The number of hydrogen-bond acceptors (Lipinski definition) is 11. The third kappa shape index (κ3) is 9.68. The first-order chi connectivity index (χ1) is 25.8. The van der Waals surface area contributed by atoms with E-state index >= 15 is 0 Å². The minimum Gasteiger partial charge on any atom is -0.481 e. The lowest BCUT2D eigenvalue weighted by atomic mass is 9.92. The van der Waals surface area contributed by atoms with Crippen molar-refractivity contribution in [3.05, 3.63) is 70.2 Å². The molecule has 55 heavy (non-hydrogen) atoms. The van der Waals surface area contributed by atoms with Gasteiger partial charge >= 0.3 is 6.09 Å². The number of aromatic nitrogens is 4. The topological polar surface area (TPSA) is 161 Å². The number of anilines is 1. The number of amides is 2. The van der Waals surface area contributed by atoms with E-state index in [-0.39, 0.29) is 31.0 Å². The molecule has 3 fully saturated rings. The third-order valence-electron chi connectivity index (χ3n) is 9.93. The van der Waals surface area contributed by atoms with Crippen molar-refractivity contribution in [1.82, 2.24) is 34.5 Å². The number of rotatable bonds is 11. The van der Waals surface area contributed by atoms with Gasteiger partial charge in [0.25, 0.3) is 5.91 Å². The van der Waals surface area contributed by atoms with E-state index in [1.165, 1.54) is 18.4 Å². The van der Waals surface area contributed by atoms with E-state index in [0.717, 1.165) is 5.69 Å². The fourth-order valence-electron chi connectivity index (χ4n) is 6.59. The molecule has 1 aliphatic carbocycles. The van der Waals surface area contributed by atoms with Crippen molar-refractivity contribution in [3.63, 3.8) is 0 Å². The van der Waals surface area contributed by atoms with Gasteiger partial charge < -0.3 is 24.4 Å². The molecule has 1 unspecified atom stereocenters. The van der Waals surface area contributed by atoms with Crippen molar-refractivity contribution in [3.8, 4) is 5.75 Å². The highest BCUT2D eigenvalue weighted by Crippen LogP contribution is 2.41. The van der Waals surface area contributed by atoms with Crippen molar-refractivity contribution >= 4 is 28.8 Å². The number of nitrogens with one attached hydrogen (secondary N) is 2. The highest BCUT2D eigenvalue weighted by molar-refractivity contribution is 7.84. The summed E-state index contributed by atoms with van der Waals surface area (Å²) in [4.78, 5) is 49.6. The summed E-state index contributed by atoms with van der Waals surface area (Å²) in [5.41, 5.74) is 2.28. The van der Waals surface area contributed by atoms with Gasteiger partial charge in [-0.15, -0.1) is 0 Å². The van der Waals surface area contributed by atoms with Crippen LogP contribution in [0.1, 0.15) is 118 Å². The van der Waals surface area contributed by atoms with Crippen LogP contribution in [0.2, 0.25) is 0 Å². The lowest BCUT2D eigenvalue weighted by Gasteiger charge is -2.43. The molecule has 0 radical (unpaired) electrons. The first-order valence-corrected chi connectivity index (χ1v) is 20.2. The number of carbonyl (C=O) groups excluding carboxylic acids is 2. The summed E-state index contributed by atoms with van der Waals surface area (Å²) < 4.78 is 34.9. The molecule has 14 nitrogen and oxygen atoms in total. The van der Waals surface area contributed by atoms with E-state index in [9.17, 15) is 13.8 Å². The summed E-state index contributed by atoms with van der Waals surface area (Å²) in [6.07, 6.45) is 5.06. The molecule has 1 saturated carbocycles. The zero-order chi connectivity index (χ0) is 39.9. The Labute approximate surface area is 327 Å². The number of piperazine rings is 1. The summed E-state index contributed by atoms with van der Waals surface area (Å²) in [5, 5.41) is 2.92. The highest BCUT2D eigenvalue weighted by Gasteiger charge is 2.48.